The van der Waals surface area contributed by atoms with Gasteiger partial charge in [0.25, 0.3) is 5.91 Å². The lowest BCUT2D eigenvalue weighted by Crippen LogP contribution is -2.37. The summed E-state index contributed by atoms with van der Waals surface area (Å²) in [6.45, 7) is 9.15. The second-order valence-corrected chi connectivity index (χ2v) is 5.39. The molecular weight excluding hydrogens is 228 g/mol. The minimum Gasteiger partial charge on any atom is -0.351 e. The molecule has 0 atom stereocenters. The molecule has 100 valence electrons. The maximum Gasteiger partial charge on any atom is 0.255 e. The van der Waals surface area contributed by atoms with Crippen molar-refractivity contribution >= 4 is 11.6 Å². The van der Waals surface area contributed by atoms with Crippen LogP contribution < -0.4 is 16.6 Å². The number of nitrogen functional groups attached to an aromatic ring is 1. The van der Waals surface area contributed by atoms with Gasteiger partial charge in [-0.1, -0.05) is 27.7 Å². The summed E-state index contributed by atoms with van der Waals surface area (Å²) >= 11 is 0. The Labute approximate surface area is 108 Å². The SMILES string of the molecule is CC(C)C(C)(C)CNC(=O)c1cnccc1NN. The number of carbonyl (C=O) groups excluding carboxylic acids is 1. The van der Waals surface area contributed by atoms with Crippen LogP contribution in [0.3, 0.4) is 0 Å². The Kier molecular flexibility index (Phi) is 4.67. The van der Waals surface area contributed by atoms with E-state index in [0.29, 0.717) is 23.7 Å². The average molecular weight is 250 g/mol. The van der Waals surface area contributed by atoms with Crippen molar-refractivity contribution in [2.75, 3.05) is 12.0 Å². The highest BCUT2D eigenvalue weighted by molar-refractivity contribution is 5.99. The number of rotatable bonds is 5. The van der Waals surface area contributed by atoms with Crippen molar-refractivity contribution in [1.82, 2.24) is 10.3 Å². The van der Waals surface area contributed by atoms with Crippen LogP contribution in [0.15, 0.2) is 18.5 Å². The molecule has 0 aliphatic carbocycles. The molecule has 18 heavy (non-hydrogen) atoms. The standard InChI is InChI=1S/C13H22N4O/c1-9(2)13(3,4)8-16-12(18)10-7-15-6-5-11(10)17-14/h5-7,9H,8,14H2,1-4H3,(H,15,17)(H,16,18). The van der Waals surface area contributed by atoms with Gasteiger partial charge in [-0.25, -0.2) is 0 Å². The van der Waals surface area contributed by atoms with Crippen LogP contribution in [0.5, 0.6) is 0 Å². The molecule has 0 saturated heterocycles. The molecule has 0 radical (unpaired) electrons. The number of carbonyl (C=O) groups is 1. The third kappa shape index (κ3) is 3.43. The molecule has 0 bridgehead atoms. The Morgan fingerprint density at radius 3 is 2.72 bits per heavy atom. The lowest BCUT2D eigenvalue weighted by Gasteiger charge is -2.29. The largest absolute Gasteiger partial charge is 0.351 e. The third-order valence-corrected chi connectivity index (χ3v) is 3.49. The normalized spacial score (nSPS) is 11.4. The molecular formula is C13H22N4O. The van der Waals surface area contributed by atoms with Gasteiger partial charge >= 0.3 is 0 Å². The molecule has 0 unspecified atom stereocenters. The molecule has 4 N–H and O–H groups in total. The maximum atomic E-state index is 12.0. The van der Waals surface area contributed by atoms with E-state index in [1.165, 1.54) is 6.20 Å². The predicted octanol–water partition coefficient (Wildman–Crippen LogP) is 1.78. The zero-order chi connectivity index (χ0) is 13.8. The van der Waals surface area contributed by atoms with E-state index in [2.05, 4.69) is 43.4 Å². The van der Waals surface area contributed by atoms with Crippen LogP contribution in [0.25, 0.3) is 0 Å². The fraction of sp³-hybridized carbons (Fsp3) is 0.538. The Morgan fingerprint density at radius 1 is 1.50 bits per heavy atom. The van der Waals surface area contributed by atoms with Crippen LogP contribution in [0, 0.1) is 11.3 Å². The third-order valence-electron chi connectivity index (χ3n) is 3.49. The van der Waals surface area contributed by atoms with E-state index in [0.717, 1.165) is 0 Å². The van der Waals surface area contributed by atoms with Crippen LogP contribution in [0.1, 0.15) is 38.1 Å². The first-order valence-corrected chi connectivity index (χ1v) is 6.07. The minimum absolute atomic E-state index is 0.0498. The van der Waals surface area contributed by atoms with Crippen molar-refractivity contribution in [3.05, 3.63) is 24.0 Å². The first kappa shape index (κ1) is 14.4. The molecule has 0 aliphatic heterocycles. The fourth-order valence-electron chi connectivity index (χ4n) is 1.31. The van der Waals surface area contributed by atoms with E-state index in [-0.39, 0.29) is 11.3 Å². The van der Waals surface area contributed by atoms with Crippen molar-refractivity contribution in [1.29, 1.82) is 0 Å². The van der Waals surface area contributed by atoms with Crippen LogP contribution in [0.4, 0.5) is 5.69 Å². The number of amides is 1. The van der Waals surface area contributed by atoms with Gasteiger partial charge in [-0.15, -0.1) is 0 Å². The predicted molar refractivity (Wildman–Crippen MR) is 73.0 cm³/mol. The molecule has 0 saturated carbocycles. The number of aromatic nitrogens is 1. The molecule has 5 nitrogen and oxygen atoms in total. The Bertz CT molecular complexity index is 415. The Balaban J connectivity index is 2.72. The highest BCUT2D eigenvalue weighted by Crippen LogP contribution is 2.25. The van der Waals surface area contributed by atoms with Gasteiger partial charge in [0.15, 0.2) is 0 Å². The van der Waals surface area contributed by atoms with Crippen LogP contribution in [0.2, 0.25) is 0 Å². The van der Waals surface area contributed by atoms with E-state index in [4.69, 9.17) is 5.84 Å². The van der Waals surface area contributed by atoms with E-state index in [1.54, 1.807) is 12.3 Å². The molecule has 0 aliphatic rings. The van der Waals surface area contributed by atoms with E-state index in [9.17, 15) is 4.79 Å². The van der Waals surface area contributed by atoms with E-state index < -0.39 is 0 Å². The molecule has 1 amide bonds. The maximum absolute atomic E-state index is 12.0. The highest BCUT2D eigenvalue weighted by atomic mass is 16.1. The molecule has 1 rings (SSSR count). The van der Waals surface area contributed by atoms with Crippen molar-refractivity contribution in [3.63, 3.8) is 0 Å². The van der Waals surface area contributed by atoms with Crippen molar-refractivity contribution < 1.29 is 4.79 Å². The van der Waals surface area contributed by atoms with Crippen LogP contribution >= 0.6 is 0 Å². The van der Waals surface area contributed by atoms with Gasteiger partial charge in [0.2, 0.25) is 0 Å². The number of nitrogens with zero attached hydrogens (tertiary/aromatic N) is 1. The quantitative estimate of drug-likeness (QED) is 0.549. The first-order chi connectivity index (χ1) is 8.38. The summed E-state index contributed by atoms with van der Waals surface area (Å²) in [6, 6.07) is 1.67. The van der Waals surface area contributed by atoms with Gasteiger partial charge < -0.3 is 10.7 Å². The van der Waals surface area contributed by atoms with Gasteiger partial charge in [-0.3, -0.25) is 15.6 Å². The van der Waals surface area contributed by atoms with Crippen LogP contribution in [-0.4, -0.2) is 17.4 Å². The molecule has 1 aromatic heterocycles. The first-order valence-electron chi connectivity index (χ1n) is 6.07. The van der Waals surface area contributed by atoms with Crippen molar-refractivity contribution in [2.45, 2.75) is 27.7 Å². The smallest absolute Gasteiger partial charge is 0.255 e. The Morgan fingerprint density at radius 2 is 2.17 bits per heavy atom. The lowest BCUT2D eigenvalue weighted by atomic mass is 9.81. The van der Waals surface area contributed by atoms with Crippen LogP contribution in [-0.2, 0) is 0 Å². The number of nitrogens with one attached hydrogen (secondary N) is 2. The van der Waals surface area contributed by atoms with Gasteiger partial charge in [-0.2, -0.15) is 0 Å². The van der Waals surface area contributed by atoms with E-state index >= 15 is 0 Å². The molecule has 5 heteroatoms. The van der Waals surface area contributed by atoms with Crippen molar-refractivity contribution in [2.24, 2.45) is 17.2 Å². The zero-order valence-corrected chi connectivity index (χ0v) is 11.4. The van der Waals surface area contributed by atoms with Gasteiger partial charge in [0.1, 0.15) is 0 Å². The summed E-state index contributed by atoms with van der Waals surface area (Å²) in [4.78, 5) is 16.0. The second kappa shape index (κ2) is 5.82. The highest BCUT2D eigenvalue weighted by Gasteiger charge is 2.23. The molecule has 1 aromatic rings. The Hall–Kier alpha value is -1.62. The molecule has 1 heterocycles. The summed E-state index contributed by atoms with van der Waals surface area (Å²) in [5.74, 6) is 5.68. The lowest BCUT2D eigenvalue weighted by molar-refractivity contribution is 0.0925. The van der Waals surface area contributed by atoms with Gasteiger partial charge in [0, 0.05) is 18.9 Å². The second-order valence-electron chi connectivity index (χ2n) is 5.39. The number of hydrogen-bond donors (Lipinski definition) is 3. The summed E-state index contributed by atoms with van der Waals surface area (Å²) < 4.78 is 0. The average Bonchev–Trinajstić information content (AvgIpc) is 2.35. The number of hydrazine groups is 1. The summed E-state index contributed by atoms with van der Waals surface area (Å²) in [5, 5.41) is 2.92. The fourth-order valence-corrected chi connectivity index (χ4v) is 1.31. The van der Waals surface area contributed by atoms with E-state index in [1.807, 2.05) is 0 Å². The number of pyridine rings is 1. The van der Waals surface area contributed by atoms with Gasteiger partial charge in [-0.05, 0) is 17.4 Å². The summed E-state index contributed by atoms with van der Waals surface area (Å²) in [6.07, 6.45) is 3.09. The monoisotopic (exact) mass is 250 g/mol. The molecule has 0 fully saturated rings. The summed E-state index contributed by atoms with van der Waals surface area (Å²) in [5.41, 5.74) is 3.58. The molecule has 0 spiro atoms. The molecule has 0 aromatic carbocycles. The summed E-state index contributed by atoms with van der Waals surface area (Å²) in [7, 11) is 0. The minimum atomic E-state index is -0.162. The number of nitrogens with two attached hydrogens (primary N) is 1. The zero-order valence-electron chi connectivity index (χ0n) is 11.4. The van der Waals surface area contributed by atoms with Gasteiger partial charge in [0.05, 0.1) is 11.3 Å². The number of anilines is 1. The van der Waals surface area contributed by atoms with Crippen molar-refractivity contribution in [3.8, 4) is 0 Å². The number of hydrogen-bond acceptors (Lipinski definition) is 4. The topological polar surface area (TPSA) is 80.0 Å².